The normalized spacial score (nSPS) is 12.9. The smallest absolute Gasteiger partial charge is 0.309 e. The second kappa shape index (κ2) is 5.09. The minimum atomic E-state index is -0.330. The van der Waals surface area contributed by atoms with Crippen LogP contribution in [0.1, 0.15) is 26.4 Å². The maximum Gasteiger partial charge on any atom is 0.309 e. The average molecular weight is 288 g/mol. The minimum Gasteiger partial charge on any atom is -0.488 e. The van der Waals surface area contributed by atoms with E-state index in [1.807, 2.05) is 11.4 Å². The van der Waals surface area contributed by atoms with E-state index in [2.05, 4.69) is 4.74 Å². The molecule has 2 heterocycles. The summed E-state index contributed by atoms with van der Waals surface area (Å²) in [6.45, 7) is 0.397. The Kier molecular flexibility index (Phi) is 3.28. The molecule has 0 spiro atoms. The molecule has 1 aliphatic rings. The van der Waals surface area contributed by atoms with Crippen molar-refractivity contribution < 1.29 is 19.1 Å². The summed E-state index contributed by atoms with van der Waals surface area (Å²) in [5, 5.41) is 1.88. The third kappa shape index (κ3) is 2.20. The Morgan fingerprint density at radius 1 is 1.40 bits per heavy atom. The van der Waals surface area contributed by atoms with Crippen molar-refractivity contribution in [1.82, 2.24) is 0 Å². The van der Waals surface area contributed by atoms with E-state index < -0.39 is 0 Å². The molecule has 0 bridgehead atoms. The highest BCUT2D eigenvalue weighted by Crippen LogP contribution is 2.31. The summed E-state index contributed by atoms with van der Waals surface area (Å²) in [5.41, 5.74) is 2.16. The van der Waals surface area contributed by atoms with Gasteiger partial charge in [-0.1, -0.05) is 6.07 Å². The predicted molar refractivity (Wildman–Crippen MR) is 74.2 cm³/mol. The summed E-state index contributed by atoms with van der Waals surface area (Å²) in [5.74, 6) is 0.185. The largest absolute Gasteiger partial charge is 0.488 e. The Balaban J connectivity index is 2.01. The lowest BCUT2D eigenvalue weighted by Gasteiger charge is -2.08. The van der Waals surface area contributed by atoms with Gasteiger partial charge in [0, 0.05) is 5.56 Å². The molecule has 0 amide bonds. The summed E-state index contributed by atoms with van der Waals surface area (Å²) >= 11 is 1.41. The molecule has 3 rings (SSSR count). The van der Waals surface area contributed by atoms with Crippen molar-refractivity contribution in [3.05, 3.63) is 51.2 Å². The summed E-state index contributed by atoms with van der Waals surface area (Å²) < 4.78 is 10.3. The Labute approximate surface area is 119 Å². The van der Waals surface area contributed by atoms with Crippen LogP contribution in [0, 0.1) is 0 Å². The molecule has 0 saturated heterocycles. The van der Waals surface area contributed by atoms with Crippen molar-refractivity contribution in [2.75, 3.05) is 7.11 Å². The van der Waals surface area contributed by atoms with Crippen LogP contribution in [-0.4, -0.2) is 18.9 Å². The lowest BCUT2D eigenvalue weighted by Crippen LogP contribution is -2.06. The van der Waals surface area contributed by atoms with Crippen LogP contribution in [0.15, 0.2) is 29.6 Å². The quantitative estimate of drug-likeness (QED) is 0.797. The molecule has 0 N–H and O–H groups in total. The van der Waals surface area contributed by atoms with Crippen molar-refractivity contribution in [2.24, 2.45) is 0 Å². The zero-order chi connectivity index (χ0) is 14.1. The first-order chi connectivity index (χ1) is 9.69. The maximum atomic E-state index is 12.5. The number of hydrogen-bond acceptors (Lipinski definition) is 5. The number of carbonyl (C=O) groups is 2. The number of thiophene rings is 1. The molecular formula is C15H12O4S. The van der Waals surface area contributed by atoms with Gasteiger partial charge in [-0.05, 0) is 29.1 Å². The fraction of sp³-hybridized carbons (Fsp3) is 0.200. The van der Waals surface area contributed by atoms with Crippen LogP contribution in [0.25, 0.3) is 0 Å². The standard InChI is InChI=1S/C15H12O4S/c1-18-13(16)7-9-2-3-12-11(6-9)14(17)15-10(8-19-12)4-5-20-15/h2-6H,7-8H2,1H3. The molecule has 0 fully saturated rings. The molecule has 0 aliphatic carbocycles. The van der Waals surface area contributed by atoms with E-state index in [0.29, 0.717) is 22.8 Å². The van der Waals surface area contributed by atoms with Crippen molar-refractivity contribution >= 4 is 23.1 Å². The molecule has 1 aliphatic heterocycles. The number of ether oxygens (including phenoxy) is 2. The van der Waals surface area contributed by atoms with Crippen LogP contribution in [-0.2, 0) is 22.6 Å². The summed E-state index contributed by atoms with van der Waals surface area (Å²) in [6.07, 6.45) is 0.147. The fourth-order valence-corrected chi connectivity index (χ4v) is 3.02. The van der Waals surface area contributed by atoms with Gasteiger partial charge >= 0.3 is 5.97 Å². The zero-order valence-corrected chi connectivity index (χ0v) is 11.7. The third-order valence-electron chi connectivity index (χ3n) is 3.20. The average Bonchev–Trinajstić information content (AvgIpc) is 2.88. The van der Waals surface area contributed by atoms with E-state index >= 15 is 0 Å². The first-order valence-electron chi connectivity index (χ1n) is 6.12. The number of hydrogen-bond donors (Lipinski definition) is 0. The van der Waals surface area contributed by atoms with Gasteiger partial charge in [-0.25, -0.2) is 0 Å². The SMILES string of the molecule is COC(=O)Cc1ccc2c(c1)C(=O)c1sccc1CO2. The van der Waals surface area contributed by atoms with Crippen LogP contribution in [0.3, 0.4) is 0 Å². The Hall–Kier alpha value is -2.14. The van der Waals surface area contributed by atoms with E-state index in [9.17, 15) is 9.59 Å². The van der Waals surface area contributed by atoms with Gasteiger partial charge in [0.15, 0.2) is 0 Å². The van der Waals surface area contributed by atoms with Crippen molar-refractivity contribution in [1.29, 1.82) is 0 Å². The van der Waals surface area contributed by atoms with E-state index in [0.717, 1.165) is 11.1 Å². The third-order valence-corrected chi connectivity index (χ3v) is 4.16. The van der Waals surface area contributed by atoms with Gasteiger partial charge in [0.1, 0.15) is 12.4 Å². The zero-order valence-electron chi connectivity index (χ0n) is 10.8. The molecule has 0 radical (unpaired) electrons. The van der Waals surface area contributed by atoms with Gasteiger partial charge in [-0.3, -0.25) is 9.59 Å². The van der Waals surface area contributed by atoms with Gasteiger partial charge in [0.2, 0.25) is 5.78 Å². The van der Waals surface area contributed by atoms with Crippen LogP contribution in [0.4, 0.5) is 0 Å². The van der Waals surface area contributed by atoms with Gasteiger partial charge in [-0.2, -0.15) is 0 Å². The Morgan fingerprint density at radius 3 is 3.05 bits per heavy atom. The lowest BCUT2D eigenvalue weighted by atomic mass is 10.0. The number of rotatable bonds is 2. The summed E-state index contributed by atoms with van der Waals surface area (Å²) in [4.78, 5) is 24.5. The van der Waals surface area contributed by atoms with Crippen LogP contribution >= 0.6 is 11.3 Å². The highest BCUT2D eigenvalue weighted by atomic mass is 32.1. The van der Waals surface area contributed by atoms with Gasteiger partial charge < -0.3 is 9.47 Å². The molecular weight excluding hydrogens is 276 g/mol. The van der Waals surface area contributed by atoms with E-state index in [4.69, 9.17) is 4.74 Å². The first kappa shape index (κ1) is 12.9. The van der Waals surface area contributed by atoms with Gasteiger partial charge in [0.05, 0.1) is 24.0 Å². The van der Waals surface area contributed by atoms with Crippen LogP contribution < -0.4 is 4.74 Å². The van der Waals surface area contributed by atoms with Crippen molar-refractivity contribution in [2.45, 2.75) is 13.0 Å². The van der Waals surface area contributed by atoms with Crippen molar-refractivity contribution in [3.63, 3.8) is 0 Å². The molecule has 0 saturated carbocycles. The number of ketones is 1. The van der Waals surface area contributed by atoms with E-state index in [-0.39, 0.29) is 18.2 Å². The monoisotopic (exact) mass is 288 g/mol. The molecule has 2 aromatic rings. The highest BCUT2D eigenvalue weighted by molar-refractivity contribution is 7.12. The minimum absolute atomic E-state index is 0.0470. The van der Waals surface area contributed by atoms with E-state index in [1.54, 1.807) is 18.2 Å². The molecule has 102 valence electrons. The number of methoxy groups -OCH3 is 1. The summed E-state index contributed by atoms with van der Waals surface area (Å²) in [6, 6.07) is 7.13. The maximum absolute atomic E-state index is 12.5. The fourth-order valence-electron chi connectivity index (χ4n) is 2.16. The second-order valence-electron chi connectivity index (χ2n) is 4.48. The number of esters is 1. The number of fused-ring (bicyclic) bond motifs is 2. The Bertz CT molecular complexity index is 687. The van der Waals surface area contributed by atoms with Gasteiger partial charge in [0.25, 0.3) is 0 Å². The van der Waals surface area contributed by atoms with E-state index in [1.165, 1.54) is 18.4 Å². The molecule has 1 aromatic carbocycles. The number of carbonyl (C=O) groups excluding carboxylic acids is 2. The van der Waals surface area contributed by atoms with Gasteiger partial charge in [-0.15, -0.1) is 11.3 Å². The molecule has 4 nitrogen and oxygen atoms in total. The second-order valence-corrected chi connectivity index (χ2v) is 5.39. The summed E-state index contributed by atoms with van der Waals surface area (Å²) in [7, 11) is 1.35. The van der Waals surface area contributed by atoms with Crippen LogP contribution in [0.5, 0.6) is 5.75 Å². The molecule has 0 unspecified atom stereocenters. The highest BCUT2D eigenvalue weighted by Gasteiger charge is 2.23. The molecule has 5 heteroatoms. The number of benzene rings is 1. The topological polar surface area (TPSA) is 52.6 Å². The molecule has 1 aromatic heterocycles. The first-order valence-corrected chi connectivity index (χ1v) is 7.00. The Morgan fingerprint density at radius 2 is 2.25 bits per heavy atom. The predicted octanol–water partition coefficient (Wildman–Crippen LogP) is 2.59. The van der Waals surface area contributed by atoms with Crippen molar-refractivity contribution in [3.8, 4) is 5.75 Å². The van der Waals surface area contributed by atoms with Crippen LogP contribution in [0.2, 0.25) is 0 Å². The molecule has 0 atom stereocenters. The molecule has 20 heavy (non-hydrogen) atoms. The lowest BCUT2D eigenvalue weighted by molar-refractivity contribution is -0.139.